The van der Waals surface area contributed by atoms with Gasteiger partial charge in [-0.25, -0.2) is 20.0 Å². The lowest BCUT2D eigenvalue weighted by molar-refractivity contribution is -0.0980. The number of hydrogen-bond donors (Lipinski definition) is 16. The van der Waals surface area contributed by atoms with Crippen LogP contribution in [0, 0.1) is 57.3 Å². The number of hydrogen-bond acceptors (Lipinski definition) is 18. The zero-order chi connectivity index (χ0) is 37.0. The number of nitrogens with two attached hydrogens (primary N) is 2. The van der Waals surface area contributed by atoms with Gasteiger partial charge in [0, 0.05) is 0 Å². The molecule has 18 N–H and O–H groups in total. The van der Waals surface area contributed by atoms with Crippen LogP contribution in [0.25, 0.3) is 0 Å². The molecule has 0 aliphatic carbocycles. The summed E-state index contributed by atoms with van der Waals surface area (Å²) < 4.78 is 4.96. The van der Waals surface area contributed by atoms with E-state index in [4.69, 9.17) is 77.9 Å². The van der Waals surface area contributed by atoms with Crippen molar-refractivity contribution in [3.63, 3.8) is 0 Å². The number of nitrogens with one attached hydrogen (secondary N) is 8. The summed E-state index contributed by atoms with van der Waals surface area (Å²) in [6.07, 6.45) is 7.80. The molecule has 0 aromatic rings. The maximum Gasteiger partial charge on any atom is 0.209 e. The Morgan fingerprint density at radius 3 is 1.02 bits per heavy atom. The second-order valence-corrected chi connectivity index (χ2v) is 5.70. The van der Waals surface area contributed by atoms with Crippen LogP contribution in [0.5, 0.6) is 0 Å². The van der Waals surface area contributed by atoms with Crippen molar-refractivity contribution in [2.24, 2.45) is 36.4 Å². The molecule has 260 valence electrons. The van der Waals surface area contributed by atoms with E-state index in [-0.39, 0.29) is 70.2 Å². The molecule has 0 amide bonds. The van der Waals surface area contributed by atoms with Crippen molar-refractivity contribution in [1.82, 2.24) is 42.5 Å². The zero-order valence-corrected chi connectivity index (χ0v) is 24.5. The Hall–Kier alpha value is -6.81. The highest BCUT2D eigenvalue weighted by molar-refractivity contribution is 5.82. The van der Waals surface area contributed by atoms with Gasteiger partial charge >= 0.3 is 0 Å². The molecule has 0 rings (SSSR count). The molecule has 0 radical (unpaired) electrons. The first-order valence-corrected chi connectivity index (χ1v) is 11.5. The van der Waals surface area contributed by atoms with E-state index in [9.17, 15) is 0 Å². The smallest absolute Gasteiger partial charge is 0.209 e. The summed E-state index contributed by atoms with van der Waals surface area (Å²) in [6.45, 7) is -0.571. The molecule has 0 spiro atoms. The van der Waals surface area contributed by atoms with Gasteiger partial charge in [-0.1, -0.05) is 0 Å². The van der Waals surface area contributed by atoms with Crippen molar-refractivity contribution in [3.8, 4) is 31.0 Å². The monoisotopic (exact) mass is 672 g/mol. The van der Waals surface area contributed by atoms with Gasteiger partial charge in [-0.2, -0.15) is 26.3 Å². The molecule has 0 bridgehead atoms. The summed E-state index contributed by atoms with van der Waals surface area (Å²) in [5, 5.41) is 109. The van der Waals surface area contributed by atoms with Gasteiger partial charge in [0.05, 0.1) is 0 Å². The summed E-state index contributed by atoms with van der Waals surface area (Å²) in [5.41, 5.74) is 9.42. The second-order valence-electron chi connectivity index (χ2n) is 5.70. The molecule has 0 atom stereocenters. The molecule has 28 nitrogen and oxygen atoms in total. The number of aliphatic imine (C=N–C) groups is 5. The number of aliphatic hydroxyl groups excluding tert-OH is 6. The minimum absolute atomic E-state index is 0.0486. The highest BCUT2D eigenvalue weighted by Gasteiger charge is 1.96. The molecule has 0 unspecified atom stereocenters. The lowest BCUT2D eigenvalue weighted by Crippen LogP contribution is -2.35. The Kier molecular flexibility index (Phi) is 49.0. The Labute approximate surface area is 267 Å². The third-order valence-electron chi connectivity index (χ3n) is 2.95. The summed E-state index contributed by atoms with van der Waals surface area (Å²) in [5.74, 6) is 0.00757. The Morgan fingerprint density at radius 1 is 0.574 bits per heavy atom. The number of nitrogens with zero attached hydrogens (tertiary/aromatic N) is 10. The van der Waals surface area contributed by atoms with Gasteiger partial charge in [-0.3, -0.25) is 21.3 Å². The molecule has 0 aliphatic rings. The van der Waals surface area contributed by atoms with Crippen LogP contribution in [-0.2, 0) is 9.53 Å². The first-order valence-electron chi connectivity index (χ1n) is 11.5. The van der Waals surface area contributed by atoms with Gasteiger partial charge in [-0.05, 0) is 0 Å². The SMILES string of the molecule is C=O.N#CN=C(N)N.N#CNC(=NCO)NCO.N#CNC(=NCO)NCO.N#CNC(=NCOCN=C(NC#N)NCO)NCO. The van der Waals surface area contributed by atoms with Gasteiger partial charge in [0.15, 0.2) is 24.8 Å². The fraction of sp³-hybridized carbons (Fsp3) is 0.421. The molecule has 0 heterocycles. The van der Waals surface area contributed by atoms with E-state index >= 15 is 0 Å². The summed E-state index contributed by atoms with van der Waals surface area (Å²) >= 11 is 0. The fourth-order valence-corrected chi connectivity index (χ4v) is 1.53. The minimum Gasteiger partial charge on any atom is -0.376 e. The number of carbonyl (C=O) groups excluding carboxylic acids is 1. The van der Waals surface area contributed by atoms with Crippen LogP contribution < -0.4 is 54.0 Å². The summed E-state index contributed by atoms with van der Waals surface area (Å²) in [7, 11) is 0. The number of ether oxygens (including phenoxy) is 1. The predicted octanol–water partition coefficient (Wildman–Crippen LogP) is -8.79. The number of guanidine groups is 5. The molecule has 0 fully saturated rings. The van der Waals surface area contributed by atoms with E-state index in [1.165, 1.54) is 6.19 Å². The molecule has 0 saturated heterocycles. The maximum atomic E-state index is 8.58. The van der Waals surface area contributed by atoms with Gasteiger partial charge in [0.2, 0.25) is 36.0 Å². The maximum absolute atomic E-state index is 8.58. The van der Waals surface area contributed by atoms with Gasteiger partial charge in [0.25, 0.3) is 0 Å². The second kappa shape index (κ2) is 46.2. The van der Waals surface area contributed by atoms with Crippen LogP contribution in [0.4, 0.5) is 0 Å². The normalized spacial score (nSPS) is 9.72. The van der Waals surface area contributed by atoms with E-state index < -0.39 is 13.5 Å². The van der Waals surface area contributed by atoms with Gasteiger partial charge in [0.1, 0.15) is 60.6 Å². The van der Waals surface area contributed by atoms with E-state index in [0.29, 0.717) is 0 Å². The fourth-order valence-electron chi connectivity index (χ4n) is 1.53. The average Bonchev–Trinajstić information content (AvgIpc) is 3.04. The number of aliphatic hydroxyl groups is 6. The van der Waals surface area contributed by atoms with Crippen molar-refractivity contribution in [2.75, 3.05) is 53.8 Å². The standard InChI is InChI=1S/C8H14N8O3.2C4H8N4O2.C2H4N4.CH2O/c9-1-11-7(13-3-17)15-5-19-6-16-8(12-2-10)14-4-18;2*5-1-6-4(7-2-9)8-3-10;3-1-6-2(4)5;1-2/h17-18H,3-6H2,(H2,11,13,15)(H2,12,14,16);2*9-10H,2-3H2,(H2,6,7,8);(H4,4,5,6);1H2. The molecular formula is C19H36N20O8. The van der Waals surface area contributed by atoms with Crippen molar-refractivity contribution in [3.05, 3.63) is 0 Å². The topological polar surface area (TPSA) is 477 Å². The van der Waals surface area contributed by atoms with Crippen molar-refractivity contribution >= 4 is 36.6 Å². The van der Waals surface area contributed by atoms with E-state index in [0.717, 1.165) is 0 Å². The van der Waals surface area contributed by atoms with Crippen LogP contribution in [0.2, 0.25) is 0 Å². The lowest BCUT2D eigenvalue weighted by atomic mass is 10.8. The van der Waals surface area contributed by atoms with Crippen LogP contribution in [-0.4, -0.2) is 121 Å². The largest absolute Gasteiger partial charge is 0.376 e. The number of carbonyl (C=O) groups is 1. The van der Waals surface area contributed by atoms with Gasteiger partial charge < -0.3 is 72.9 Å². The molecule has 0 aromatic carbocycles. The molecular weight excluding hydrogens is 636 g/mol. The average molecular weight is 673 g/mol. The first kappa shape index (κ1) is 49.8. The van der Waals surface area contributed by atoms with E-state index in [2.05, 4.69) is 67.5 Å². The molecule has 28 heteroatoms. The third kappa shape index (κ3) is 46.4. The summed E-state index contributed by atoms with van der Waals surface area (Å²) in [4.78, 5) is 25.2. The predicted molar refractivity (Wildman–Crippen MR) is 159 cm³/mol. The first-order chi connectivity index (χ1) is 22.7. The molecule has 0 aromatic heterocycles. The van der Waals surface area contributed by atoms with Crippen molar-refractivity contribution < 1.29 is 40.2 Å². The zero-order valence-electron chi connectivity index (χ0n) is 24.5. The molecule has 0 aliphatic heterocycles. The number of nitriles is 5. The third-order valence-corrected chi connectivity index (χ3v) is 2.95. The van der Waals surface area contributed by atoms with Crippen molar-refractivity contribution in [1.29, 1.82) is 26.3 Å². The minimum atomic E-state index is -0.434. The Bertz CT molecular complexity index is 1050. The highest BCUT2D eigenvalue weighted by Crippen LogP contribution is 1.80. The molecule has 0 saturated carbocycles. The highest BCUT2D eigenvalue weighted by atomic mass is 16.5. The van der Waals surface area contributed by atoms with Crippen LogP contribution in [0.1, 0.15) is 0 Å². The van der Waals surface area contributed by atoms with Crippen molar-refractivity contribution in [2.45, 2.75) is 0 Å². The van der Waals surface area contributed by atoms with Crippen LogP contribution >= 0.6 is 0 Å². The van der Waals surface area contributed by atoms with Gasteiger partial charge in [-0.15, -0.1) is 4.99 Å². The quantitative estimate of drug-likeness (QED) is 0.0256. The molecule has 47 heavy (non-hydrogen) atoms. The van der Waals surface area contributed by atoms with E-state index in [1.54, 1.807) is 24.8 Å². The van der Waals surface area contributed by atoms with E-state index in [1.807, 2.05) is 6.79 Å². The van der Waals surface area contributed by atoms with Crippen LogP contribution in [0.3, 0.4) is 0 Å². The Morgan fingerprint density at radius 2 is 0.851 bits per heavy atom. The lowest BCUT2D eigenvalue weighted by Gasteiger charge is -2.05. The Balaban J connectivity index is -0.000000178. The van der Waals surface area contributed by atoms with Crippen LogP contribution in [0.15, 0.2) is 25.0 Å². The summed E-state index contributed by atoms with van der Waals surface area (Å²) in [6, 6.07) is 0. The number of rotatable bonds is 10.